The molecule has 1 aliphatic carbocycles. The summed E-state index contributed by atoms with van der Waals surface area (Å²) in [6.45, 7) is 4.48. The zero-order chi connectivity index (χ0) is 14.1. The van der Waals surface area contributed by atoms with Crippen molar-refractivity contribution in [3.63, 3.8) is 0 Å². The minimum atomic E-state index is -0.139. The van der Waals surface area contributed by atoms with Crippen LogP contribution in [0.2, 0.25) is 0 Å². The van der Waals surface area contributed by atoms with Gasteiger partial charge in [0.25, 0.3) is 0 Å². The molecule has 2 aromatic rings. The molecule has 0 aliphatic heterocycles. The molecule has 1 fully saturated rings. The maximum Gasteiger partial charge on any atom is 0.323 e. The summed E-state index contributed by atoms with van der Waals surface area (Å²) in [4.78, 5) is 16.9. The molecule has 3 unspecified atom stereocenters. The molecule has 1 saturated carbocycles. The Morgan fingerprint density at radius 1 is 1.30 bits per heavy atom. The Labute approximate surface area is 119 Å². The standard InChI is InChI=1S/C16H23N3O/c1-3-11-4-6-13(8-11)17-10(2)12-5-7-14-15(9-12)19-16(20)18-14/h5,7,9-11,13,17H,3-4,6,8H2,1-2H3,(H2,18,19,20). The molecule has 4 nitrogen and oxygen atoms in total. The van der Waals surface area contributed by atoms with E-state index in [1.807, 2.05) is 6.07 Å². The summed E-state index contributed by atoms with van der Waals surface area (Å²) in [5.41, 5.74) is 2.85. The van der Waals surface area contributed by atoms with Crippen LogP contribution in [0.3, 0.4) is 0 Å². The zero-order valence-corrected chi connectivity index (χ0v) is 12.2. The number of benzene rings is 1. The van der Waals surface area contributed by atoms with Crippen molar-refractivity contribution in [3.8, 4) is 0 Å². The first kappa shape index (κ1) is 13.4. The SMILES string of the molecule is CCC1CCC(NC(C)c2ccc3[nH]c(=O)[nH]c3c2)C1. The van der Waals surface area contributed by atoms with Gasteiger partial charge in [-0.25, -0.2) is 4.79 Å². The number of fused-ring (bicyclic) bond motifs is 1. The summed E-state index contributed by atoms with van der Waals surface area (Å²) in [6.07, 6.45) is 5.23. The molecule has 1 aromatic carbocycles. The van der Waals surface area contributed by atoms with Gasteiger partial charge >= 0.3 is 5.69 Å². The second kappa shape index (κ2) is 5.44. The highest BCUT2D eigenvalue weighted by molar-refractivity contribution is 5.75. The second-order valence-corrected chi connectivity index (χ2v) is 6.06. The van der Waals surface area contributed by atoms with E-state index in [4.69, 9.17) is 0 Å². The predicted octanol–water partition coefficient (Wildman–Crippen LogP) is 3.09. The number of aromatic amines is 2. The van der Waals surface area contributed by atoms with Crippen molar-refractivity contribution in [1.82, 2.24) is 15.3 Å². The molecule has 108 valence electrons. The number of hydrogen-bond acceptors (Lipinski definition) is 2. The van der Waals surface area contributed by atoms with Gasteiger partial charge in [0, 0.05) is 12.1 Å². The van der Waals surface area contributed by atoms with Gasteiger partial charge in [-0.2, -0.15) is 0 Å². The third kappa shape index (κ3) is 2.66. The molecular weight excluding hydrogens is 250 g/mol. The molecule has 4 heteroatoms. The van der Waals surface area contributed by atoms with Crippen molar-refractivity contribution in [2.45, 2.75) is 51.6 Å². The van der Waals surface area contributed by atoms with Crippen LogP contribution in [0, 0.1) is 5.92 Å². The second-order valence-electron chi connectivity index (χ2n) is 6.06. The highest BCUT2D eigenvalue weighted by Crippen LogP contribution is 2.29. The zero-order valence-electron chi connectivity index (χ0n) is 12.2. The van der Waals surface area contributed by atoms with Crippen LogP contribution in [0.4, 0.5) is 0 Å². The normalized spacial score (nSPS) is 24.3. The molecule has 0 bridgehead atoms. The molecule has 1 aromatic heterocycles. The number of rotatable bonds is 4. The Morgan fingerprint density at radius 3 is 2.85 bits per heavy atom. The number of H-pyrrole nitrogens is 2. The average molecular weight is 273 g/mol. The number of aromatic nitrogens is 2. The molecule has 3 atom stereocenters. The van der Waals surface area contributed by atoms with E-state index in [1.165, 1.54) is 31.2 Å². The minimum absolute atomic E-state index is 0.139. The van der Waals surface area contributed by atoms with Gasteiger partial charge in [0.15, 0.2) is 0 Å². The Hall–Kier alpha value is -1.55. The first-order valence-corrected chi connectivity index (χ1v) is 7.63. The van der Waals surface area contributed by atoms with Gasteiger partial charge in [0.1, 0.15) is 0 Å². The smallest absolute Gasteiger partial charge is 0.307 e. The molecule has 3 N–H and O–H groups in total. The molecule has 3 rings (SSSR count). The van der Waals surface area contributed by atoms with Gasteiger partial charge in [-0.1, -0.05) is 19.4 Å². The Kier molecular flexibility index (Phi) is 3.66. The van der Waals surface area contributed by atoms with Crippen molar-refractivity contribution in [2.24, 2.45) is 5.92 Å². The van der Waals surface area contributed by atoms with E-state index in [0.29, 0.717) is 12.1 Å². The van der Waals surface area contributed by atoms with Gasteiger partial charge in [-0.05, 0) is 49.8 Å². The van der Waals surface area contributed by atoms with Gasteiger partial charge in [-0.15, -0.1) is 0 Å². The molecule has 0 radical (unpaired) electrons. The van der Waals surface area contributed by atoms with Gasteiger partial charge in [0.05, 0.1) is 11.0 Å². The number of hydrogen-bond donors (Lipinski definition) is 3. The number of imidazole rings is 1. The lowest BCUT2D eigenvalue weighted by atomic mass is 10.0. The fraction of sp³-hybridized carbons (Fsp3) is 0.562. The Bertz CT molecular complexity index is 642. The largest absolute Gasteiger partial charge is 0.323 e. The summed E-state index contributed by atoms with van der Waals surface area (Å²) >= 11 is 0. The van der Waals surface area contributed by atoms with Gasteiger partial charge < -0.3 is 15.3 Å². The lowest BCUT2D eigenvalue weighted by Gasteiger charge is -2.20. The van der Waals surface area contributed by atoms with Crippen LogP contribution in [0.25, 0.3) is 11.0 Å². The minimum Gasteiger partial charge on any atom is -0.307 e. The van der Waals surface area contributed by atoms with Crippen LogP contribution in [-0.2, 0) is 0 Å². The average Bonchev–Trinajstić information content (AvgIpc) is 3.02. The predicted molar refractivity (Wildman–Crippen MR) is 81.9 cm³/mol. The van der Waals surface area contributed by atoms with E-state index in [0.717, 1.165) is 17.0 Å². The third-order valence-corrected chi connectivity index (χ3v) is 4.64. The Balaban J connectivity index is 1.72. The van der Waals surface area contributed by atoms with Crippen molar-refractivity contribution >= 4 is 11.0 Å². The monoisotopic (exact) mass is 273 g/mol. The van der Waals surface area contributed by atoms with Crippen molar-refractivity contribution in [2.75, 3.05) is 0 Å². The number of nitrogens with one attached hydrogen (secondary N) is 3. The highest BCUT2D eigenvalue weighted by Gasteiger charge is 2.24. The highest BCUT2D eigenvalue weighted by atomic mass is 16.1. The first-order valence-electron chi connectivity index (χ1n) is 7.63. The van der Waals surface area contributed by atoms with Crippen LogP contribution in [0.15, 0.2) is 23.0 Å². The quantitative estimate of drug-likeness (QED) is 0.801. The summed E-state index contributed by atoms with van der Waals surface area (Å²) in [6, 6.07) is 7.09. The van der Waals surface area contributed by atoms with E-state index in [9.17, 15) is 4.79 Å². The lowest BCUT2D eigenvalue weighted by molar-refractivity contribution is 0.438. The van der Waals surface area contributed by atoms with Gasteiger partial charge in [-0.3, -0.25) is 0 Å². The van der Waals surface area contributed by atoms with E-state index in [-0.39, 0.29) is 5.69 Å². The van der Waals surface area contributed by atoms with E-state index >= 15 is 0 Å². The lowest BCUT2D eigenvalue weighted by Crippen LogP contribution is -2.29. The summed E-state index contributed by atoms with van der Waals surface area (Å²) in [5, 5.41) is 3.73. The van der Waals surface area contributed by atoms with E-state index in [2.05, 4.69) is 41.3 Å². The summed E-state index contributed by atoms with van der Waals surface area (Å²) < 4.78 is 0. The van der Waals surface area contributed by atoms with Crippen LogP contribution in [-0.4, -0.2) is 16.0 Å². The van der Waals surface area contributed by atoms with Crippen molar-refractivity contribution in [1.29, 1.82) is 0 Å². The van der Waals surface area contributed by atoms with E-state index in [1.54, 1.807) is 0 Å². The maximum absolute atomic E-state index is 11.3. The maximum atomic E-state index is 11.3. The van der Waals surface area contributed by atoms with Crippen LogP contribution >= 0.6 is 0 Å². The third-order valence-electron chi connectivity index (χ3n) is 4.64. The molecule has 20 heavy (non-hydrogen) atoms. The molecular formula is C16H23N3O. The van der Waals surface area contributed by atoms with E-state index < -0.39 is 0 Å². The summed E-state index contributed by atoms with van der Waals surface area (Å²) in [5.74, 6) is 0.892. The molecule has 1 aliphatic rings. The first-order chi connectivity index (χ1) is 9.65. The van der Waals surface area contributed by atoms with Gasteiger partial charge in [0.2, 0.25) is 0 Å². The fourth-order valence-electron chi connectivity index (χ4n) is 3.37. The fourth-order valence-corrected chi connectivity index (χ4v) is 3.37. The van der Waals surface area contributed by atoms with Crippen LogP contribution < -0.4 is 11.0 Å². The molecule has 1 heterocycles. The molecule has 0 spiro atoms. The Morgan fingerprint density at radius 2 is 2.10 bits per heavy atom. The van der Waals surface area contributed by atoms with Crippen LogP contribution in [0.1, 0.15) is 51.1 Å². The topological polar surface area (TPSA) is 60.7 Å². The van der Waals surface area contributed by atoms with Crippen LogP contribution in [0.5, 0.6) is 0 Å². The molecule has 0 saturated heterocycles. The van der Waals surface area contributed by atoms with Crippen molar-refractivity contribution in [3.05, 3.63) is 34.2 Å². The van der Waals surface area contributed by atoms with Crippen molar-refractivity contribution < 1.29 is 0 Å². The molecule has 0 amide bonds. The summed E-state index contributed by atoms with van der Waals surface area (Å²) in [7, 11) is 0.